The fourth-order valence-electron chi connectivity index (χ4n) is 4.22. The van der Waals surface area contributed by atoms with E-state index in [1.54, 1.807) is 31.9 Å². The Morgan fingerprint density at radius 1 is 1.23 bits per heavy atom. The lowest BCUT2D eigenvalue weighted by molar-refractivity contribution is -0.0158. The number of hydrogen-bond donors (Lipinski definition) is 0. The molecule has 1 amide bonds. The van der Waals surface area contributed by atoms with Crippen LogP contribution in [-0.2, 0) is 11.3 Å². The van der Waals surface area contributed by atoms with Crippen LogP contribution in [0.5, 0.6) is 0 Å². The van der Waals surface area contributed by atoms with Crippen LogP contribution < -0.4 is 0 Å². The number of pyridine rings is 1. The van der Waals surface area contributed by atoms with Crippen LogP contribution in [0.4, 0.5) is 0 Å². The van der Waals surface area contributed by atoms with Gasteiger partial charge < -0.3 is 9.64 Å². The zero-order valence-electron chi connectivity index (χ0n) is 14.9. The predicted octanol–water partition coefficient (Wildman–Crippen LogP) is 1.23. The second-order valence-electron chi connectivity index (χ2n) is 6.94. The van der Waals surface area contributed by atoms with Crippen molar-refractivity contribution in [3.8, 4) is 0 Å². The van der Waals surface area contributed by atoms with E-state index >= 15 is 0 Å². The Kier molecular flexibility index (Phi) is 4.90. The number of amides is 1. The van der Waals surface area contributed by atoms with E-state index in [2.05, 4.69) is 25.9 Å². The van der Waals surface area contributed by atoms with Crippen LogP contribution in [0, 0.1) is 5.92 Å². The van der Waals surface area contributed by atoms with Crippen LogP contribution in [0.3, 0.4) is 0 Å². The maximum absolute atomic E-state index is 13.0. The fourth-order valence-corrected chi connectivity index (χ4v) is 4.22. The highest BCUT2D eigenvalue weighted by Gasteiger charge is 2.46. The van der Waals surface area contributed by atoms with Crippen LogP contribution in [0.15, 0.2) is 43.1 Å². The molecule has 4 rings (SSSR count). The first kappa shape index (κ1) is 17.1. The fraction of sp³-hybridized carbons (Fsp3) is 0.474. The number of carbonyl (C=O) groups is 1. The first-order valence-electron chi connectivity index (χ1n) is 8.97. The summed E-state index contributed by atoms with van der Waals surface area (Å²) in [5.41, 5.74) is 1.60. The molecule has 4 heterocycles. The number of piperidine rings is 1. The van der Waals surface area contributed by atoms with Crippen molar-refractivity contribution in [1.82, 2.24) is 24.8 Å². The van der Waals surface area contributed by atoms with E-state index in [0.717, 1.165) is 26.1 Å². The Balaban J connectivity index is 1.53. The Bertz CT molecular complexity index is 742. The van der Waals surface area contributed by atoms with Crippen molar-refractivity contribution in [3.05, 3.63) is 54.4 Å². The molecule has 0 aromatic carbocycles. The molecule has 0 N–H and O–H groups in total. The molecule has 26 heavy (non-hydrogen) atoms. The number of carbonyl (C=O) groups excluding carboxylic acids is 1. The third-order valence-corrected chi connectivity index (χ3v) is 5.42. The van der Waals surface area contributed by atoms with Gasteiger partial charge in [0.25, 0.3) is 5.91 Å². The van der Waals surface area contributed by atoms with Gasteiger partial charge in [-0.05, 0) is 18.1 Å². The molecule has 0 saturated carbocycles. The predicted molar refractivity (Wildman–Crippen MR) is 95.3 cm³/mol. The maximum Gasteiger partial charge on any atom is 0.274 e. The summed E-state index contributed by atoms with van der Waals surface area (Å²) in [7, 11) is 1.77. The smallest absolute Gasteiger partial charge is 0.274 e. The number of hydrogen-bond acceptors (Lipinski definition) is 6. The van der Waals surface area contributed by atoms with E-state index in [-0.39, 0.29) is 18.1 Å². The summed E-state index contributed by atoms with van der Waals surface area (Å²) in [6.45, 7) is 3.29. The van der Waals surface area contributed by atoms with Crippen molar-refractivity contribution < 1.29 is 9.53 Å². The lowest BCUT2D eigenvalue weighted by Crippen LogP contribution is -2.53. The van der Waals surface area contributed by atoms with E-state index in [4.69, 9.17) is 4.74 Å². The van der Waals surface area contributed by atoms with Gasteiger partial charge in [0.15, 0.2) is 0 Å². The molecule has 0 bridgehead atoms. The summed E-state index contributed by atoms with van der Waals surface area (Å²) in [4.78, 5) is 29.7. The number of fused-ring (bicyclic) bond motifs is 1. The lowest BCUT2D eigenvalue weighted by Gasteiger charge is -2.40. The largest absolute Gasteiger partial charge is 0.381 e. The minimum absolute atomic E-state index is 0.0362. The van der Waals surface area contributed by atoms with Gasteiger partial charge in [-0.3, -0.25) is 19.7 Å². The van der Waals surface area contributed by atoms with Gasteiger partial charge in [0, 0.05) is 64.0 Å². The van der Waals surface area contributed by atoms with Gasteiger partial charge in [0.05, 0.1) is 18.3 Å². The Morgan fingerprint density at radius 3 is 2.85 bits per heavy atom. The van der Waals surface area contributed by atoms with Crippen molar-refractivity contribution in [2.24, 2.45) is 5.92 Å². The third-order valence-electron chi connectivity index (χ3n) is 5.42. The molecule has 0 unspecified atom stereocenters. The van der Waals surface area contributed by atoms with Gasteiger partial charge >= 0.3 is 0 Å². The summed E-state index contributed by atoms with van der Waals surface area (Å²) in [6.07, 6.45) is 9.42. The lowest BCUT2D eigenvalue weighted by atomic mass is 9.89. The highest BCUT2D eigenvalue weighted by molar-refractivity contribution is 5.92. The van der Waals surface area contributed by atoms with Gasteiger partial charge in [0.1, 0.15) is 5.69 Å². The zero-order valence-corrected chi connectivity index (χ0v) is 14.9. The summed E-state index contributed by atoms with van der Waals surface area (Å²) in [5, 5.41) is 0. The topological polar surface area (TPSA) is 71.5 Å². The Morgan fingerprint density at radius 2 is 2.12 bits per heavy atom. The molecule has 2 fully saturated rings. The Labute approximate surface area is 153 Å². The summed E-state index contributed by atoms with van der Waals surface area (Å²) in [6, 6.07) is 4.19. The Hall–Kier alpha value is -2.38. The molecule has 2 aliphatic heterocycles. The van der Waals surface area contributed by atoms with Crippen LogP contribution in [0.2, 0.25) is 0 Å². The summed E-state index contributed by atoms with van der Waals surface area (Å²) < 4.78 is 5.73. The molecule has 3 atom stereocenters. The van der Waals surface area contributed by atoms with E-state index in [1.165, 1.54) is 5.56 Å². The molecule has 2 aliphatic rings. The number of methoxy groups -OCH3 is 1. The van der Waals surface area contributed by atoms with Gasteiger partial charge in [-0.25, -0.2) is 4.98 Å². The zero-order chi connectivity index (χ0) is 17.9. The molecule has 2 aromatic heterocycles. The van der Waals surface area contributed by atoms with Gasteiger partial charge in [-0.1, -0.05) is 6.07 Å². The first-order valence-corrected chi connectivity index (χ1v) is 8.97. The maximum atomic E-state index is 13.0. The van der Waals surface area contributed by atoms with E-state index in [1.807, 2.05) is 17.2 Å². The van der Waals surface area contributed by atoms with Crippen molar-refractivity contribution in [1.29, 1.82) is 0 Å². The number of rotatable bonds is 4. The normalized spacial score (nSPS) is 25.9. The summed E-state index contributed by atoms with van der Waals surface area (Å²) in [5.74, 6) is 0.275. The molecule has 2 aromatic rings. The second-order valence-corrected chi connectivity index (χ2v) is 6.94. The van der Waals surface area contributed by atoms with E-state index in [9.17, 15) is 4.79 Å². The average molecular weight is 353 g/mol. The van der Waals surface area contributed by atoms with Crippen molar-refractivity contribution in [3.63, 3.8) is 0 Å². The minimum Gasteiger partial charge on any atom is -0.381 e. The van der Waals surface area contributed by atoms with Crippen molar-refractivity contribution in [2.45, 2.75) is 25.1 Å². The van der Waals surface area contributed by atoms with E-state index in [0.29, 0.717) is 18.2 Å². The average Bonchev–Trinajstić information content (AvgIpc) is 3.11. The molecule has 0 aliphatic carbocycles. The molecule has 136 valence electrons. The monoisotopic (exact) mass is 353 g/mol. The van der Waals surface area contributed by atoms with Crippen LogP contribution in [-0.4, -0.2) is 69.5 Å². The van der Waals surface area contributed by atoms with E-state index < -0.39 is 0 Å². The van der Waals surface area contributed by atoms with Gasteiger partial charge in [-0.15, -0.1) is 0 Å². The molecule has 7 nitrogen and oxygen atoms in total. The van der Waals surface area contributed by atoms with Gasteiger partial charge in [0.2, 0.25) is 0 Å². The molecular weight excluding hydrogens is 330 g/mol. The molecular formula is C19H23N5O2. The molecule has 0 spiro atoms. The SMILES string of the molecule is CO[C@@H]1CCN(C(=O)c2cnccn2)[C@H]2CN(Cc3cccnc3)C[C@@H]12. The number of aromatic nitrogens is 3. The number of nitrogens with zero attached hydrogens (tertiary/aromatic N) is 5. The van der Waals surface area contributed by atoms with Crippen molar-refractivity contribution >= 4 is 5.91 Å². The van der Waals surface area contributed by atoms with Crippen LogP contribution in [0.1, 0.15) is 22.5 Å². The highest BCUT2D eigenvalue weighted by atomic mass is 16.5. The minimum atomic E-state index is -0.0362. The highest BCUT2D eigenvalue weighted by Crippen LogP contribution is 2.33. The molecule has 0 radical (unpaired) electrons. The number of ether oxygens (including phenoxy) is 1. The first-order chi connectivity index (χ1) is 12.8. The molecule has 2 saturated heterocycles. The summed E-state index contributed by atoms with van der Waals surface area (Å²) >= 11 is 0. The second kappa shape index (κ2) is 7.47. The van der Waals surface area contributed by atoms with Crippen molar-refractivity contribution in [2.75, 3.05) is 26.7 Å². The number of likely N-dealkylation sites (tertiary alicyclic amines) is 2. The molecule has 7 heteroatoms. The standard InChI is InChI=1S/C19H23N5O2/c1-26-18-4-8-24(19(25)16-10-21-6-7-22-16)17-13-23(12-15(17)18)11-14-3-2-5-20-9-14/h2-3,5-7,9-10,15,17-18H,4,8,11-13H2,1H3/t15-,17+,18-/m1/s1. The van der Waals surface area contributed by atoms with Gasteiger partial charge in [-0.2, -0.15) is 0 Å². The van der Waals surface area contributed by atoms with Crippen LogP contribution in [0.25, 0.3) is 0 Å². The quantitative estimate of drug-likeness (QED) is 0.823. The van der Waals surface area contributed by atoms with Crippen LogP contribution >= 0.6 is 0 Å². The third kappa shape index (κ3) is 3.32.